The number of carbonyl (C=O) groups excluding carboxylic acids is 1. The SMILES string of the molecule is CN(C)c1ccc(N=Nc2ccc(C(=O)NN(Cc3ccccn3)Cc3ccccn3)cc2)cc1. The van der Waals surface area contributed by atoms with Crippen LogP contribution in [0.2, 0.25) is 0 Å². The summed E-state index contributed by atoms with van der Waals surface area (Å²) in [6.45, 7) is 0.893. The van der Waals surface area contributed by atoms with Crippen LogP contribution in [0.4, 0.5) is 17.1 Å². The van der Waals surface area contributed by atoms with Gasteiger partial charge < -0.3 is 4.90 Å². The van der Waals surface area contributed by atoms with Gasteiger partial charge in [0, 0.05) is 37.7 Å². The summed E-state index contributed by atoms with van der Waals surface area (Å²) >= 11 is 0. The number of nitrogens with zero attached hydrogens (tertiary/aromatic N) is 6. The number of aromatic nitrogens is 2. The lowest BCUT2D eigenvalue weighted by Gasteiger charge is -2.22. The molecule has 35 heavy (non-hydrogen) atoms. The summed E-state index contributed by atoms with van der Waals surface area (Å²) in [5.74, 6) is -0.223. The highest BCUT2D eigenvalue weighted by atomic mass is 16.2. The number of hydrazine groups is 1. The minimum Gasteiger partial charge on any atom is -0.378 e. The quantitative estimate of drug-likeness (QED) is 0.268. The number of carbonyl (C=O) groups is 1. The van der Waals surface area contributed by atoms with E-state index in [0.717, 1.165) is 22.8 Å². The van der Waals surface area contributed by atoms with Gasteiger partial charge in [0.15, 0.2) is 0 Å². The first-order valence-electron chi connectivity index (χ1n) is 11.2. The molecule has 8 nitrogen and oxygen atoms in total. The first-order chi connectivity index (χ1) is 17.1. The lowest BCUT2D eigenvalue weighted by molar-refractivity contribution is 0.0754. The Morgan fingerprint density at radius 1 is 0.743 bits per heavy atom. The zero-order valence-electron chi connectivity index (χ0n) is 19.7. The van der Waals surface area contributed by atoms with Crippen molar-refractivity contribution in [2.75, 3.05) is 19.0 Å². The van der Waals surface area contributed by atoms with Crippen molar-refractivity contribution < 1.29 is 4.79 Å². The third kappa shape index (κ3) is 7.02. The largest absolute Gasteiger partial charge is 0.378 e. The van der Waals surface area contributed by atoms with Crippen LogP contribution in [0.1, 0.15) is 21.7 Å². The van der Waals surface area contributed by atoms with E-state index < -0.39 is 0 Å². The summed E-state index contributed by atoms with van der Waals surface area (Å²) in [5, 5.41) is 10.4. The molecular formula is C27H27N7O. The number of benzene rings is 2. The van der Waals surface area contributed by atoms with E-state index >= 15 is 0 Å². The zero-order chi connectivity index (χ0) is 24.5. The third-order valence-electron chi connectivity index (χ3n) is 5.19. The summed E-state index contributed by atoms with van der Waals surface area (Å²) in [5.41, 5.74) is 7.71. The Balaban J connectivity index is 1.41. The van der Waals surface area contributed by atoms with Crippen LogP contribution in [0.15, 0.2) is 108 Å². The molecule has 0 spiro atoms. The minimum atomic E-state index is -0.223. The first kappa shape index (κ1) is 23.7. The van der Waals surface area contributed by atoms with E-state index in [2.05, 4.69) is 25.6 Å². The van der Waals surface area contributed by atoms with E-state index in [-0.39, 0.29) is 5.91 Å². The molecule has 1 N–H and O–H groups in total. The highest BCUT2D eigenvalue weighted by molar-refractivity contribution is 5.94. The summed E-state index contributed by atoms with van der Waals surface area (Å²) in [4.78, 5) is 23.7. The second-order valence-corrected chi connectivity index (χ2v) is 8.10. The summed E-state index contributed by atoms with van der Waals surface area (Å²) < 4.78 is 0. The highest BCUT2D eigenvalue weighted by Crippen LogP contribution is 2.21. The number of azo groups is 1. The van der Waals surface area contributed by atoms with E-state index in [1.54, 1.807) is 41.7 Å². The number of hydrogen-bond donors (Lipinski definition) is 1. The molecule has 8 heteroatoms. The fourth-order valence-corrected chi connectivity index (χ4v) is 3.33. The van der Waals surface area contributed by atoms with Crippen LogP contribution in [0.5, 0.6) is 0 Å². The van der Waals surface area contributed by atoms with Crippen molar-refractivity contribution >= 4 is 23.0 Å². The zero-order valence-corrected chi connectivity index (χ0v) is 19.7. The van der Waals surface area contributed by atoms with Gasteiger partial charge in [0.1, 0.15) is 0 Å². The number of anilines is 1. The molecule has 4 rings (SSSR count). The maximum atomic E-state index is 13.0. The monoisotopic (exact) mass is 465 g/mol. The lowest BCUT2D eigenvalue weighted by atomic mass is 10.2. The van der Waals surface area contributed by atoms with Crippen molar-refractivity contribution in [2.45, 2.75) is 13.1 Å². The van der Waals surface area contributed by atoms with Crippen molar-refractivity contribution in [3.8, 4) is 0 Å². The maximum absolute atomic E-state index is 13.0. The number of pyridine rings is 2. The van der Waals surface area contributed by atoms with Gasteiger partial charge in [0.2, 0.25) is 0 Å². The first-order valence-corrected chi connectivity index (χ1v) is 11.2. The van der Waals surface area contributed by atoms with Crippen LogP contribution < -0.4 is 10.3 Å². The molecule has 176 valence electrons. The van der Waals surface area contributed by atoms with Crippen molar-refractivity contribution in [3.05, 3.63) is 114 Å². The van der Waals surface area contributed by atoms with E-state index in [0.29, 0.717) is 24.3 Å². The van der Waals surface area contributed by atoms with Crippen LogP contribution in [0.25, 0.3) is 0 Å². The number of hydrogen-bond acceptors (Lipinski definition) is 7. The average Bonchev–Trinajstić information content (AvgIpc) is 2.89. The fourth-order valence-electron chi connectivity index (χ4n) is 3.33. The van der Waals surface area contributed by atoms with E-state index in [1.165, 1.54) is 0 Å². The van der Waals surface area contributed by atoms with Crippen LogP contribution >= 0.6 is 0 Å². The third-order valence-corrected chi connectivity index (χ3v) is 5.19. The van der Waals surface area contributed by atoms with Crippen molar-refractivity contribution in [1.82, 2.24) is 20.4 Å². The average molecular weight is 466 g/mol. The second kappa shape index (κ2) is 11.6. The van der Waals surface area contributed by atoms with E-state index in [1.807, 2.05) is 79.7 Å². The summed E-state index contributed by atoms with van der Waals surface area (Å²) in [6.07, 6.45) is 3.47. The van der Waals surface area contributed by atoms with Gasteiger partial charge in [-0.2, -0.15) is 10.2 Å². The molecule has 0 aliphatic rings. The number of rotatable bonds is 9. The molecule has 0 saturated heterocycles. The highest BCUT2D eigenvalue weighted by Gasteiger charge is 2.14. The number of nitrogens with one attached hydrogen (secondary N) is 1. The lowest BCUT2D eigenvalue weighted by Crippen LogP contribution is -2.41. The smallest absolute Gasteiger partial charge is 0.265 e. The Morgan fingerprint density at radius 2 is 1.26 bits per heavy atom. The van der Waals surface area contributed by atoms with Gasteiger partial charge in [-0.05, 0) is 72.8 Å². The van der Waals surface area contributed by atoms with Crippen LogP contribution in [-0.2, 0) is 13.1 Å². The Labute approximate surface area is 205 Å². The molecule has 0 atom stereocenters. The molecule has 0 saturated carbocycles. The molecule has 0 radical (unpaired) electrons. The van der Waals surface area contributed by atoms with Gasteiger partial charge in [0.05, 0.1) is 35.9 Å². The fraction of sp³-hybridized carbons (Fsp3) is 0.148. The molecule has 0 unspecified atom stereocenters. The standard InChI is InChI=1S/C27H27N7O/c1-33(2)26-15-13-23(14-16-26)31-30-22-11-9-21(10-12-22)27(35)32-34(19-24-7-3-5-17-28-24)20-25-8-4-6-18-29-25/h3-18H,19-20H2,1-2H3,(H,32,35). The molecule has 2 aromatic heterocycles. The maximum Gasteiger partial charge on any atom is 0.265 e. The van der Waals surface area contributed by atoms with Gasteiger partial charge in [-0.1, -0.05) is 12.1 Å². The Hall–Kier alpha value is -4.43. The molecule has 4 aromatic rings. The molecule has 2 aromatic carbocycles. The van der Waals surface area contributed by atoms with Crippen molar-refractivity contribution in [3.63, 3.8) is 0 Å². The molecule has 0 aliphatic carbocycles. The molecule has 0 aliphatic heterocycles. The van der Waals surface area contributed by atoms with Gasteiger partial charge in [0.25, 0.3) is 5.91 Å². The molecular weight excluding hydrogens is 438 g/mol. The topological polar surface area (TPSA) is 86.1 Å². The molecule has 0 bridgehead atoms. The van der Waals surface area contributed by atoms with Crippen LogP contribution in [-0.4, -0.2) is 35.0 Å². The Morgan fingerprint density at radius 3 is 1.71 bits per heavy atom. The minimum absolute atomic E-state index is 0.223. The van der Waals surface area contributed by atoms with Gasteiger partial charge >= 0.3 is 0 Å². The molecule has 2 heterocycles. The molecule has 0 fully saturated rings. The summed E-state index contributed by atoms with van der Waals surface area (Å²) in [7, 11) is 3.98. The second-order valence-electron chi connectivity index (χ2n) is 8.10. The predicted octanol–water partition coefficient (Wildman–Crippen LogP) is 5.31. The van der Waals surface area contributed by atoms with Crippen LogP contribution in [0, 0.1) is 0 Å². The summed E-state index contributed by atoms with van der Waals surface area (Å²) in [6, 6.07) is 26.2. The van der Waals surface area contributed by atoms with Crippen LogP contribution in [0.3, 0.4) is 0 Å². The normalized spacial score (nSPS) is 11.1. The van der Waals surface area contributed by atoms with E-state index in [9.17, 15) is 4.79 Å². The Bertz CT molecular complexity index is 1200. The predicted molar refractivity (Wildman–Crippen MR) is 137 cm³/mol. The molecule has 1 amide bonds. The van der Waals surface area contributed by atoms with Crippen molar-refractivity contribution in [1.29, 1.82) is 0 Å². The van der Waals surface area contributed by atoms with E-state index in [4.69, 9.17) is 0 Å². The van der Waals surface area contributed by atoms with Crippen molar-refractivity contribution in [2.24, 2.45) is 10.2 Å². The number of amides is 1. The Kier molecular flexibility index (Phi) is 7.88. The van der Waals surface area contributed by atoms with Gasteiger partial charge in [-0.25, -0.2) is 5.01 Å². The van der Waals surface area contributed by atoms with Gasteiger partial charge in [-0.15, -0.1) is 0 Å². The van der Waals surface area contributed by atoms with Gasteiger partial charge in [-0.3, -0.25) is 20.2 Å².